The number of hydrogen-bond donors (Lipinski definition) is 1. The number of methoxy groups -OCH3 is 1. The van der Waals surface area contributed by atoms with Crippen LogP contribution in [0.3, 0.4) is 0 Å². The highest BCUT2D eigenvalue weighted by Crippen LogP contribution is 2.17. The predicted octanol–water partition coefficient (Wildman–Crippen LogP) is 2.78. The molecule has 1 atom stereocenters. The summed E-state index contributed by atoms with van der Waals surface area (Å²) in [6, 6.07) is 6.91. The third kappa shape index (κ3) is 4.95. The number of nitrogens with one attached hydrogen (secondary N) is 1. The molecule has 0 bridgehead atoms. The molecule has 1 rings (SSSR count). The Bertz CT molecular complexity index is 520. The van der Waals surface area contributed by atoms with E-state index < -0.39 is 12.1 Å². The monoisotopic (exact) mass is 291 g/mol. The van der Waals surface area contributed by atoms with Gasteiger partial charge in [0.15, 0.2) is 6.10 Å². The number of benzene rings is 1. The summed E-state index contributed by atoms with van der Waals surface area (Å²) in [6.07, 6.45) is -0.865. The zero-order chi connectivity index (χ0) is 16.0. The minimum absolute atomic E-state index is 0.147. The molecule has 0 radical (unpaired) electrons. The highest BCUT2D eigenvalue weighted by Gasteiger charge is 2.26. The van der Waals surface area contributed by atoms with Gasteiger partial charge in [0.05, 0.1) is 7.11 Å². The Kier molecular flexibility index (Phi) is 5.96. The van der Waals surface area contributed by atoms with Crippen molar-refractivity contribution in [2.45, 2.75) is 26.9 Å². The van der Waals surface area contributed by atoms with E-state index in [0.29, 0.717) is 11.4 Å². The fourth-order valence-electron chi connectivity index (χ4n) is 1.60. The van der Waals surface area contributed by atoms with Gasteiger partial charge in [-0.05, 0) is 37.1 Å². The summed E-state index contributed by atoms with van der Waals surface area (Å²) in [6.45, 7) is 8.67. The summed E-state index contributed by atoms with van der Waals surface area (Å²) in [5, 5.41) is 2.72. The van der Waals surface area contributed by atoms with Crippen LogP contribution in [0.5, 0.6) is 5.75 Å². The van der Waals surface area contributed by atoms with Crippen LogP contribution in [0.25, 0.3) is 0 Å². The fourth-order valence-corrected chi connectivity index (χ4v) is 1.60. The number of amides is 1. The third-order valence-electron chi connectivity index (χ3n) is 2.80. The van der Waals surface area contributed by atoms with Crippen molar-refractivity contribution in [2.24, 2.45) is 5.92 Å². The number of hydrogen-bond acceptors (Lipinski definition) is 4. The van der Waals surface area contributed by atoms with Gasteiger partial charge in [-0.1, -0.05) is 20.4 Å². The van der Waals surface area contributed by atoms with Crippen LogP contribution in [0.2, 0.25) is 0 Å². The van der Waals surface area contributed by atoms with Gasteiger partial charge in [0, 0.05) is 11.3 Å². The van der Waals surface area contributed by atoms with E-state index in [1.807, 2.05) is 13.8 Å². The molecule has 21 heavy (non-hydrogen) atoms. The molecule has 0 saturated heterocycles. The number of anilines is 1. The van der Waals surface area contributed by atoms with Crippen molar-refractivity contribution in [1.29, 1.82) is 0 Å². The van der Waals surface area contributed by atoms with Gasteiger partial charge in [-0.15, -0.1) is 0 Å². The van der Waals surface area contributed by atoms with Crippen molar-refractivity contribution in [2.75, 3.05) is 12.4 Å². The lowest BCUT2D eigenvalue weighted by Crippen LogP contribution is -2.36. The van der Waals surface area contributed by atoms with E-state index in [2.05, 4.69) is 11.9 Å². The van der Waals surface area contributed by atoms with Gasteiger partial charge in [-0.25, -0.2) is 4.79 Å². The SMILES string of the molecule is C=C(C)C(=O)O[C@H](C(=O)Nc1ccc(OC)cc1)C(C)C. The molecule has 0 saturated carbocycles. The molecule has 1 aromatic carbocycles. The first kappa shape index (κ1) is 16.8. The highest BCUT2D eigenvalue weighted by atomic mass is 16.5. The minimum atomic E-state index is -0.865. The van der Waals surface area contributed by atoms with Gasteiger partial charge < -0.3 is 14.8 Å². The zero-order valence-electron chi connectivity index (χ0n) is 12.8. The average Bonchev–Trinajstić information content (AvgIpc) is 2.44. The molecule has 1 aromatic rings. The zero-order valence-corrected chi connectivity index (χ0v) is 12.8. The summed E-state index contributed by atoms with van der Waals surface area (Å²) in [7, 11) is 1.57. The van der Waals surface area contributed by atoms with Gasteiger partial charge in [-0.2, -0.15) is 0 Å². The standard InChI is InChI=1S/C16H21NO4/c1-10(2)14(21-16(19)11(3)4)15(18)17-12-6-8-13(20-5)9-7-12/h6-10,14H,3H2,1-2,4-5H3,(H,17,18)/t14-/m0/s1. The second-order valence-corrected chi connectivity index (χ2v) is 5.07. The molecular formula is C16H21NO4. The van der Waals surface area contributed by atoms with Gasteiger partial charge in [0.25, 0.3) is 5.91 Å². The van der Waals surface area contributed by atoms with Gasteiger partial charge in [-0.3, -0.25) is 4.79 Å². The Morgan fingerprint density at radius 1 is 1.19 bits per heavy atom. The molecule has 0 fully saturated rings. The first-order valence-electron chi connectivity index (χ1n) is 6.66. The molecular weight excluding hydrogens is 270 g/mol. The molecule has 5 heteroatoms. The van der Waals surface area contributed by atoms with Crippen molar-refractivity contribution in [3.63, 3.8) is 0 Å². The summed E-state index contributed by atoms with van der Waals surface area (Å²) < 4.78 is 10.2. The number of carbonyl (C=O) groups excluding carboxylic acids is 2. The Balaban J connectivity index is 2.76. The van der Waals surface area contributed by atoms with Crippen LogP contribution in [0.4, 0.5) is 5.69 Å². The van der Waals surface area contributed by atoms with E-state index in [1.54, 1.807) is 38.3 Å². The van der Waals surface area contributed by atoms with E-state index in [0.717, 1.165) is 0 Å². The Hall–Kier alpha value is -2.30. The number of esters is 1. The Morgan fingerprint density at radius 3 is 2.19 bits per heavy atom. The quantitative estimate of drug-likeness (QED) is 0.646. The number of rotatable bonds is 6. The molecule has 0 aliphatic rings. The highest BCUT2D eigenvalue weighted by molar-refractivity contribution is 5.97. The lowest BCUT2D eigenvalue weighted by atomic mass is 10.1. The smallest absolute Gasteiger partial charge is 0.333 e. The van der Waals surface area contributed by atoms with Gasteiger partial charge in [0.1, 0.15) is 5.75 Å². The maximum atomic E-state index is 12.2. The fraction of sp³-hybridized carbons (Fsp3) is 0.375. The summed E-state index contributed by atoms with van der Waals surface area (Å²) in [4.78, 5) is 23.8. The second-order valence-electron chi connectivity index (χ2n) is 5.07. The van der Waals surface area contributed by atoms with Crippen molar-refractivity contribution < 1.29 is 19.1 Å². The van der Waals surface area contributed by atoms with Crippen LogP contribution in [0.1, 0.15) is 20.8 Å². The maximum absolute atomic E-state index is 12.2. The van der Waals surface area contributed by atoms with Crippen LogP contribution in [0, 0.1) is 5.92 Å². The molecule has 114 valence electrons. The van der Waals surface area contributed by atoms with Crippen LogP contribution in [0.15, 0.2) is 36.4 Å². The molecule has 1 N–H and O–H groups in total. The Morgan fingerprint density at radius 2 is 1.76 bits per heavy atom. The molecule has 0 spiro atoms. The predicted molar refractivity (Wildman–Crippen MR) is 81.2 cm³/mol. The molecule has 0 aliphatic heterocycles. The topological polar surface area (TPSA) is 64.6 Å². The summed E-state index contributed by atoms with van der Waals surface area (Å²) >= 11 is 0. The average molecular weight is 291 g/mol. The van der Waals surface area contributed by atoms with Crippen LogP contribution < -0.4 is 10.1 Å². The van der Waals surface area contributed by atoms with Crippen molar-refractivity contribution in [3.05, 3.63) is 36.4 Å². The molecule has 0 aliphatic carbocycles. The first-order valence-corrected chi connectivity index (χ1v) is 6.66. The first-order chi connectivity index (χ1) is 9.85. The molecule has 0 heterocycles. The summed E-state index contributed by atoms with van der Waals surface area (Å²) in [5.74, 6) is -0.392. The third-order valence-corrected chi connectivity index (χ3v) is 2.80. The van der Waals surface area contributed by atoms with Crippen molar-refractivity contribution >= 4 is 17.6 Å². The number of carbonyl (C=O) groups is 2. The summed E-state index contributed by atoms with van der Waals surface area (Å²) in [5.41, 5.74) is 0.871. The lowest BCUT2D eigenvalue weighted by Gasteiger charge is -2.20. The number of ether oxygens (including phenoxy) is 2. The van der Waals surface area contributed by atoms with Gasteiger partial charge >= 0.3 is 5.97 Å². The van der Waals surface area contributed by atoms with Crippen molar-refractivity contribution in [3.8, 4) is 5.75 Å². The normalized spacial score (nSPS) is 11.7. The molecule has 0 unspecified atom stereocenters. The van der Waals surface area contributed by atoms with E-state index in [9.17, 15) is 9.59 Å². The van der Waals surface area contributed by atoms with E-state index >= 15 is 0 Å². The lowest BCUT2D eigenvalue weighted by molar-refractivity contribution is -0.152. The minimum Gasteiger partial charge on any atom is -0.497 e. The Labute approximate surface area is 124 Å². The second kappa shape index (κ2) is 7.47. The largest absolute Gasteiger partial charge is 0.497 e. The maximum Gasteiger partial charge on any atom is 0.333 e. The van der Waals surface area contributed by atoms with E-state index in [1.165, 1.54) is 0 Å². The van der Waals surface area contributed by atoms with E-state index in [-0.39, 0.29) is 17.4 Å². The van der Waals surface area contributed by atoms with Gasteiger partial charge in [0.2, 0.25) is 0 Å². The van der Waals surface area contributed by atoms with Crippen LogP contribution in [-0.4, -0.2) is 25.1 Å². The van der Waals surface area contributed by atoms with Crippen LogP contribution in [-0.2, 0) is 14.3 Å². The van der Waals surface area contributed by atoms with Crippen molar-refractivity contribution in [1.82, 2.24) is 0 Å². The van der Waals surface area contributed by atoms with E-state index in [4.69, 9.17) is 9.47 Å². The molecule has 5 nitrogen and oxygen atoms in total. The van der Waals surface area contributed by atoms with Crippen LogP contribution >= 0.6 is 0 Å². The molecule has 0 aromatic heterocycles. The molecule has 1 amide bonds.